The lowest BCUT2D eigenvalue weighted by Crippen LogP contribution is -2.23. The summed E-state index contributed by atoms with van der Waals surface area (Å²) in [5, 5.41) is 6.72. The highest BCUT2D eigenvalue weighted by molar-refractivity contribution is 5.40. The number of aromatic nitrogens is 2. The Hall–Kier alpha value is -2.50. The average molecular weight is 342 g/mol. The van der Waals surface area contributed by atoms with Gasteiger partial charge in [-0.15, -0.1) is 0 Å². The summed E-state index contributed by atoms with van der Waals surface area (Å²) in [4.78, 5) is 8.85. The van der Waals surface area contributed by atoms with Crippen LogP contribution in [0.5, 0.6) is 11.5 Å². The molecule has 0 aliphatic heterocycles. The molecule has 1 aromatic heterocycles. The Morgan fingerprint density at radius 3 is 2.56 bits per heavy atom. The minimum atomic E-state index is 0.502. The van der Waals surface area contributed by atoms with Gasteiger partial charge in [0.15, 0.2) is 0 Å². The summed E-state index contributed by atoms with van der Waals surface area (Å²) in [7, 11) is 1.65. The Kier molecular flexibility index (Phi) is 6.31. The summed E-state index contributed by atoms with van der Waals surface area (Å²) in [6.07, 6.45) is 8.11. The van der Waals surface area contributed by atoms with Crippen LogP contribution in [0.3, 0.4) is 0 Å². The van der Waals surface area contributed by atoms with Crippen molar-refractivity contribution in [3.63, 3.8) is 0 Å². The number of anilines is 2. The summed E-state index contributed by atoms with van der Waals surface area (Å²) >= 11 is 0. The zero-order valence-electron chi connectivity index (χ0n) is 14.7. The molecule has 25 heavy (non-hydrogen) atoms. The lowest BCUT2D eigenvalue weighted by Gasteiger charge is -2.22. The van der Waals surface area contributed by atoms with Gasteiger partial charge in [0.2, 0.25) is 5.95 Å². The highest BCUT2D eigenvalue weighted by atomic mass is 16.5. The molecule has 0 unspecified atom stereocenters. The van der Waals surface area contributed by atoms with Crippen molar-refractivity contribution in [2.45, 2.75) is 38.1 Å². The molecule has 1 aliphatic rings. The Bertz CT molecular complexity index is 642. The number of rotatable bonds is 8. The first-order chi connectivity index (χ1) is 12.3. The maximum atomic E-state index is 5.70. The van der Waals surface area contributed by atoms with Crippen LogP contribution in [0.25, 0.3) is 0 Å². The van der Waals surface area contributed by atoms with E-state index >= 15 is 0 Å². The van der Waals surface area contributed by atoms with Crippen LogP contribution in [0.4, 0.5) is 11.8 Å². The molecule has 0 spiro atoms. The average Bonchev–Trinajstić information content (AvgIpc) is 2.67. The number of hydrogen-bond donors (Lipinski definition) is 2. The monoisotopic (exact) mass is 342 g/mol. The molecule has 1 heterocycles. The highest BCUT2D eigenvalue weighted by Gasteiger charge is 2.14. The predicted molar refractivity (Wildman–Crippen MR) is 99.5 cm³/mol. The van der Waals surface area contributed by atoms with E-state index in [0.717, 1.165) is 17.3 Å². The topological polar surface area (TPSA) is 68.3 Å². The third-order valence-electron chi connectivity index (χ3n) is 4.33. The van der Waals surface area contributed by atoms with Gasteiger partial charge in [-0.1, -0.05) is 19.3 Å². The minimum Gasteiger partial charge on any atom is -0.497 e. The maximum absolute atomic E-state index is 5.70. The molecule has 3 rings (SSSR count). The maximum Gasteiger partial charge on any atom is 0.224 e. The molecule has 134 valence electrons. The van der Waals surface area contributed by atoms with Crippen molar-refractivity contribution >= 4 is 11.8 Å². The van der Waals surface area contributed by atoms with Crippen LogP contribution in [0, 0.1) is 0 Å². The lowest BCUT2D eigenvalue weighted by atomic mass is 9.96. The van der Waals surface area contributed by atoms with Crippen LogP contribution in [-0.2, 0) is 0 Å². The molecule has 2 aromatic rings. The van der Waals surface area contributed by atoms with E-state index in [1.807, 2.05) is 30.3 Å². The van der Waals surface area contributed by atoms with E-state index in [4.69, 9.17) is 9.47 Å². The number of methoxy groups -OCH3 is 1. The van der Waals surface area contributed by atoms with E-state index in [9.17, 15) is 0 Å². The van der Waals surface area contributed by atoms with Crippen LogP contribution >= 0.6 is 0 Å². The van der Waals surface area contributed by atoms with E-state index < -0.39 is 0 Å². The van der Waals surface area contributed by atoms with Gasteiger partial charge in [0.25, 0.3) is 0 Å². The first kappa shape index (κ1) is 17.3. The van der Waals surface area contributed by atoms with Crippen molar-refractivity contribution in [1.29, 1.82) is 0 Å². The second-order valence-corrected chi connectivity index (χ2v) is 6.20. The van der Waals surface area contributed by atoms with Crippen molar-refractivity contribution in [2.75, 3.05) is 30.9 Å². The summed E-state index contributed by atoms with van der Waals surface area (Å²) in [6, 6.07) is 9.94. The molecule has 0 radical (unpaired) electrons. The molecule has 0 amide bonds. The van der Waals surface area contributed by atoms with E-state index in [2.05, 4.69) is 20.6 Å². The van der Waals surface area contributed by atoms with Gasteiger partial charge in [0.05, 0.1) is 13.7 Å². The smallest absolute Gasteiger partial charge is 0.224 e. The molecule has 1 aromatic carbocycles. The Balaban J connectivity index is 1.42. The van der Waals surface area contributed by atoms with Crippen LogP contribution in [0.15, 0.2) is 36.5 Å². The molecule has 2 N–H and O–H groups in total. The minimum absolute atomic E-state index is 0.502. The Morgan fingerprint density at radius 1 is 1.04 bits per heavy atom. The number of nitrogens with one attached hydrogen (secondary N) is 2. The predicted octanol–water partition coefficient (Wildman–Crippen LogP) is 3.72. The molecule has 0 saturated heterocycles. The van der Waals surface area contributed by atoms with Crippen molar-refractivity contribution in [3.8, 4) is 11.5 Å². The lowest BCUT2D eigenvalue weighted by molar-refractivity contribution is 0.331. The molecule has 1 saturated carbocycles. The quantitative estimate of drug-likeness (QED) is 0.713. The number of nitrogens with zero attached hydrogens (tertiary/aromatic N) is 2. The van der Waals surface area contributed by atoms with E-state index in [0.29, 0.717) is 25.1 Å². The van der Waals surface area contributed by atoms with Crippen molar-refractivity contribution in [1.82, 2.24) is 9.97 Å². The second kappa shape index (κ2) is 9.11. The molecule has 0 atom stereocenters. The highest BCUT2D eigenvalue weighted by Crippen LogP contribution is 2.20. The number of hydrogen-bond acceptors (Lipinski definition) is 6. The Morgan fingerprint density at radius 2 is 1.80 bits per heavy atom. The SMILES string of the molecule is COc1ccc(OCCNc2ccnc(NC3CCCCC3)n2)cc1. The van der Waals surface area contributed by atoms with Crippen LogP contribution < -0.4 is 20.1 Å². The molecular formula is C19H26N4O2. The second-order valence-electron chi connectivity index (χ2n) is 6.20. The van der Waals surface area contributed by atoms with Crippen LogP contribution in [0.2, 0.25) is 0 Å². The van der Waals surface area contributed by atoms with E-state index in [1.165, 1.54) is 32.1 Å². The van der Waals surface area contributed by atoms with Crippen LogP contribution in [0.1, 0.15) is 32.1 Å². The molecule has 1 aliphatic carbocycles. The van der Waals surface area contributed by atoms with Crippen LogP contribution in [-0.4, -0.2) is 36.3 Å². The fraction of sp³-hybridized carbons (Fsp3) is 0.474. The largest absolute Gasteiger partial charge is 0.497 e. The van der Waals surface area contributed by atoms with Crippen molar-refractivity contribution < 1.29 is 9.47 Å². The molecule has 6 nitrogen and oxygen atoms in total. The fourth-order valence-electron chi connectivity index (χ4n) is 2.98. The summed E-state index contributed by atoms with van der Waals surface area (Å²) in [5.41, 5.74) is 0. The number of ether oxygens (including phenoxy) is 2. The van der Waals surface area contributed by atoms with Gasteiger partial charge in [-0.3, -0.25) is 0 Å². The fourth-order valence-corrected chi connectivity index (χ4v) is 2.98. The van der Waals surface area contributed by atoms with E-state index in [-0.39, 0.29) is 0 Å². The molecular weight excluding hydrogens is 316 g/mol. The summed E-state index contributed by atoms with van der Waals surface area (Å²) in [5.74, 6) is 3.16. The molecule has 1 fully saturated rings. The third kappa shape index (κ3) is 5.52. The normalized spacial score (nSPS) is 14.8. The first-order valence-corrected chi connectivity index (χ1v) is 8.94. The zero-order valence-corrected chi connectivity index (χ0v) is 14.7. The van der Waals surface area contributed by atoms with Gasteiger partial charge in [-0.25, -0.2) is 4.98 Å². The summed E-state index contributed by atoms with van der Waals surface area (Å²) in [6.45, 7) is 1.23. The van der Waals surface area contributed by atoms with Gasteiger partial charge in [-0.2, -0.15) is 4.98 Å². The van der Waals surface area contributed by atoms with Gasteiger partial charge in [-0.05, 0) is 43.2 Å². The molecule has 0 bridgehead atoms. The number of benzene rings is 1. The molecule has 6 heteroatoms. The standard InChI is InChI=1S/C19H26N4O2/c1-24-16-7-9-17(10-8-16)25-14-13-20-18-11-12-21-19(23-18)22-15-5-3-2-4-6-15/h7-12,15H,2-6,13-14H2,1H3,(H2,20,21,22,23). The summed E-state index contributed by atoms with van der Waals surface area (Å²) < 4.78 is 10.8. The van der Waals surface area contributed by atoms with E-state index in [1.54, 1.807) is 13.3 Å². The first-order valence-electron chi connectivity index (χ1n) is 8.94. The van der Waals surface area contributed by atoms with Crippen molar-refractivity contribution in [3.05, 3.63) is 36.5 Å². The van der Waals surface area contributed by atoms with Gasteiger partial charge in [0, 0.05) is 12.2 Å². The zero-order chi connectivity index (χ0) is 17.3. The van der Waals surface area contributed by atoms with Crippen molar-refractivity contribution in [2.24, 2.45) is 0 Å². The van der Waals surface area contributed by atoms with Gasteiger partial charge >= 0.3 is 0 Å². The van der Waals surface area contributed by atoms with Gasteiger partial charge < -0.3 is 20.1 Å². The third-order valence-corrected chi connectivity index (χ3v) is 4.33. The Labute approximate surface area is 149 Å². The van der Waals surface area contributed by atoms with Gasteiger partial charge in [0.1, 0.15) is 23.9 Å².